The zero-order valence-corrected chi connectivity index (χ0v) is 11.8. The first-order valence-corrected chi connectivity index (χ1v) is 6.64. The van der Waals surface area contributed by atoms with Gasteiger partial charge in [0.2, 0.25) is 5.78 Å². The number of aliphatic hydroxyl groups is 1. The van der Waals surface area contributed by atoms with Crippen LogP contribution in [0.25, 0.3) is 0 Å². The van der Waals surface area contributed by atoms with E-state index in [1.807, 2.05) is 0 Å². The van der Waals surface area contributed by atoms with E-state index in [-0.39, 0.29) is 12.4 Å². The molecule has 0 aromatic heterocycles. The second-order valence-corrected chi connectivity index (χ2v) is 4.87. The van der Waals surface area contributed by atoms with Gasteiger partial charge in [-0.15, -0.1) is 0 Å². The minimum Gasteiger partial charge on any atom is -0.483 e. The van der Waals surface area contributed by atoms with Crippen LogP contribution in [0.1, 0.15) is 22.8 Å². The van der Waals surface area contributed by atoms with Crippen molar-refractivity contribution in [3.8, 4) is 5.75 Å². The van der Waals surface area contributed by atoms with Crippen LogP contribution in [0.4, 0.5) is 0 Å². The quantitative estimate of drug-likeness (QED) is 0.858. The van der Waals surface area contributed by atoms with Gasteiger partial charge in [0.05, 0.1) is 6.61 Å². The van der Waals surface area contributed by atoms with Crippen molar-refractivity contribution < 1.29 is 14.6 Å². The van der Waals surface area contributed by atoms with E-state index < -0.39 is 6.10 Å². The Hall–Kier alpha value is -1.84. The molecule has 0 aliphatic rings. The van der Waals surface area contributed by atoms with E-state index in [0.717, 1.165) is 5.56 Å². The van der Waals surface area contributed by atoms with Gasteiger partial charge in [-0.1, -0.05) is 35.9 Å². The van der Waals surface area contributed by atoms with Crippen molar-refractivity contribution in [1.82, 2.24) is 0 Å². The van der Waals surface area contributed by atoms with Crippen LogP contribution in [-0.2, 0) is 6.61 Å². The van der Waals surface area contributed by atoms with Gasteiger partial charge in [0.1, 0.15) is 5.75 Å². The average Bonchev–Trinajstić information content (AvgIpc) is 2.47. The summed E-state index contributed by atoms with van der Waals surface area (Å²) in [6.07, 6.45) is -0.603. The predicted molar refractivity (Wildman–Crippen MR) is 78.2 cm³/mol. The van der Waals surface area contributed by atoms with Crippen LogP contribution >= 0.6 is 11.6 Å². The molecule has 0 fully saturated rings. The van der Waals surface area contributed by atoms with Crippen LogP contribution in [-0.4, -0.2) is 17.0 Å². The van der Waals surface area contributed by atoms with Crippen molar-refractivity contribution >= 4 is 17.4 Å². The molecule has 0 aliphatic carbocycles. The maximum absolute atomic E-state index is 12.2. The molecule has 3 nitrogen and oxygen atoms in total. The molecule has 0 bridgehead atoms. The number of benzene rings is 2. The lowest BCUT2D eigenvalue weighted by molar-refractivity contribution is 0.0818. The van der Waals surface area contributed by atoms with Crippen molar-refractivity contribution in [3.63, 3.8) is 0 Å². The van der Waals surface area contributed by atoms with E-state index in [9.17, 15) is 4.79 Å². The van der Waals surface area contributed by atoms with Gasteiger partial charge < -0.3 is 9.84 Å². The predicted octanol–water partition coefficient (Wildman–Crippen LogP) is 3.48. The lowest BCUT2D eigenvalue weighted by atomic mass is 10.1. The number of ether oxygens (including phenoxy) is 1. The first kappa shape index (κ1) is 14.6. The third-order valence-electron chi connectivity index (χ3n) is 2.90. The highest BCUT2D eigenvalue weighted by molar-refractivity contribution is 6.31. The molecule has 1 unspecified atom stereocenters. The molecule has 0 heterocycles. The molecule has 0 radical (unpaired) electrons. The van der Waals surface area contributed by atoms with E-state index in [2.05, 4.69) is 0 Å². The van der Waals surface area contributed by atoms with E-state index in [1.165, 1.54) is 0 Å². The van der Waals surface area contributed by atoms with Gasteiger partial charge in [0, 0.05) is 10.6 Å². The number of hydrogen-bond donors (Lipinski definition) is 1. The Kier molecular flexibility index (Phi) is 4.77. The Balaban J connectivity index is 2.07. The summed E-state index contributed by atoms with van der Waals surface area (Å²) >= 11 is 5.87. The fourth-order valence-electron chi connectivity index (χ4n) is 1.81. The largest absolute Gasteiger partial charge is 0.483 e. The fourth-order valence-corrected chi connectivity index (χ4v) is 2.00. The van der Waals surface area contributed by atoms with Crippen LogP contribution in [0.2, 0.25) is 5.02 Å². The number of carbonyl (C=O) groups excluding carboxylic acids is 1. The zero-order chi connectivity index (χ0) is 14.5. The van der Waals surface area contributed by atoms with Crippen LogP contribution in [0.15, 0.2) is 48.5 Å². The molecule has 20 heavy (non-hydrogen) atoms. The van der Waals surface area contributed by atoms with Gasteiger partial charge in [0.15, 0.2) is 6.10 Å². The molecule has 2 aromatic carbocycles. The van der Waals surface area contributed by atoms with Crippen LogP contribution < -0.4 is 4.74 Å². The Labute approximate surface area is 122 Å². The summed E-state index contributed by atoms with van der Waals surface area (Å²) in [5.41, 5.74) is 1.32. The number of rotatable bonds is 5. The normalized spacial score (nSPS) is 11.9. The highest BCUT2D eigenvalue weighted by Gasteiger charge is 2.17. The van der Waals surface area contributed by atoms with Crippen molar-refractivity contribution in [3.05, 3.63) is 64.7 Å². The molecule has 4 heteroatoms. The monoisotopic (exact) mass is 290 g/mol. The van der Waals surface area contributed by atoms with Gasteiger partial charge in [0.25, 0.3) is 0 Å². The lowest BCUT2D eigenvalue weighted by Crippen LogP contribution is -2.23. The summed E-state index contributed by atoms with van der Waals surface area (Å²) < 4.78 is 5.60. The third-order valence-corrected chi connectivity index (χ3v) is 3.13. The molecule has 2 rings (SSSR count). The maximum Gasteiger partial charge on any atom is 0.203 e. The van der Waals surface area contributed by atoms with Gasteiger partial charge in [-0.05, 0) is 36.8 Å². The van der Waals surface area contributed by atoms with Crippen LogP contribution in [0.3, 0.4) is 0 Å². The Bertz CT molecular complexity index is 593. The number of Topliss-reactive ketones (excluding diaryl/α,β-unsaturated/α-hetero) is 1. The first-order valence-electron chi connectivity index (χ1n) is 6.26. The maximum atomic E-state index is 12.2. The number of hydrogen-bond acceptors (Lipinski definition) is 3. The smallest absolute Gasteiger partial charge is 0.203 e. The number of aliphatic hydroxyl groups excluding tert-OH is 1. The molecule has 0 amide bonds. The molecule has 0 saturated heterocycles. The highest BCUT2D eigenvalue weighted by atomic mass is 35.5. The van der Waals surface area contributed by atoms with E-state index in [0.29, 0.717) is 16.3 Å². The topological polar surface area (TPSA) is 46.5 Å². The first-order chi connectivity index (χ1) is 9.60. The van der Waals surface area contributed by atoms with Gasteiger partial charge in [-0.3, -0.25) is 4.79 Å². The van der Waals surface area contributed by atoms with Crippen LogP contribution in [0.5, 0.6) is 5.75 Å². The molecular weight excluding hydrogens is 276 g/mol. The van der Waals surface area contributed by atoms with Gasteiger partial charge >= 0.3 is 0 Å². The molecule has 0 aliphatic heterocycles. The molecular formula is C16H15ClO3. The number of ketones is 1. The molecule has 1 N–H and O–H groups in total. The summed E-state index contributed by atoms with van der Waals surface area (Å²) in [4.78, 5) is 12.2. The standard InChI is InChI=1S/C16H15ClO3/c1-11(16(19)13-3-2-4-14(17)9-13)20-15-7-5-12(10-18)6-8-15/h2-9,11,18H,10H2,1H3. The lowest BCUT2D eigenvalue weighted by Gasteiger charge is -2.14. The second-order valence-electron chi connectivity index (χ2n) is 4.44. The van der Waals surface area contributed by atoms with Crippen molar-refractivity contribution in [1.29, 1.82) is 0 Å². The summed E-state index contributed by atoms with van der Waals surface area (Å²) in [7, 11) is 0. The van der Waals surface area contributed by atoms with E-state index in [4.69, 9.17) is 21.4 Å². The van der Waals surface area contributed by atoms with E-state index >= 15 is 0 Å². The second kappa shape index (κ2) is 6.55. The van der Waals surface area contributed by atoms with Crippen molar-refractivity contribution in [2.75, 3.05) is 0 Å². The minimum absolute atomic E-state index is 0.0166. The Morgan fingerprint density at radius 1 is 1.25 bits per heavy atom. The van der Waals surface area contributed by atoms with Crippen molar-refractivity contribution in [2.45, 2.75) is 19.6 Å². The molecule has 2 aromatic rings. The fraction of sp³-hybridized carbons (Fsp3) is 0.188. The SMILES string of the molecule is CC(Oc1ccc(CO)cc1)C(=O)c1cccc(Cl)c1. The molecule has 0 saturated carbocycles. The third kappa shape index (κ3) is 3.59. The minimum atomic E-state index is -0.603. The van der Waals surface area contributed by atoms with Gasteiger partial charge in [-0.2, -0.15) is 0 Å². The van der Waals surface area contributed by atoms with Crippen LogP contribution in [0, 0.1) is 0 Å². The average molecular weight is 291 g/mol. The van der Waals surface area contributed by atoms with E-state index in [1.54, 1.807) is 55.5 Å². The number of carbonyl (C=O) groups is 1. The Morgan fingerprint density at radius 2 is 1.95 bits per heavy atom. The summed E-state index contributed by atoms with van der Waals surface area (Å²) in [5.74, 6) is 0.462. The highest BCUT2D eigenvalue weighted by Crippen LogP contribution is 2.17. The van der Waals surface area contributed by atoms with Crippen molar-refractivity contribution in [2.24, 2.45) is 0 Å². The molecule has 104 valence electrons. The summed E-state index contributed by atoms with van der Waals surface area (Å²) in [6.45, 7) is 1.68. The summed E-state index contributed by atoms with van der Waals surface area (Å²) in [5, 5.41) is 9.49. The number of halogens is 1. The van der Waals surface area contributed by atoms with Gasteiger partial charge in [-0.25, -0.2) is 0 Å². The summed E-state index contributed by atoms with van der Waals surface area (Å²) in [6, 6.07) is 13.8. The molecule has 1 atom stereocenters. The zero-order valence-electron chi connectivity index (χ0n) is 11.0. The molecule has 0 spiro atoms. The Morgan fingerprint density at radius 3 is 2.55 bits per heavy atom.